The van der Waals surface area contributed by atoms with Gasteiger partial charge in [0.2, 0.25) is 0 Å². The minimum Gasteiger partial charge on any atom is -0.495 e. The zero-order valence-corrected chi connectivity index (χ0v) is 25.8. The minimum absolute atomic E-state index is 0.0151. The number of ether oxygens (including phenoxy) is 2. The molecular formula is C35H43N3O5. The first kappa shape index (κ1) is 31.6. The lowest BCUT2D eigenvalue weighted by atomic mass is 9.76. The Bertz CT molecular complexity index is 1440. The fourth-order valence-corrected chi connectivity index (χ4v) is 5.64. The third kappa shape index (κ3) is 8.83. The summed E-state index contributed by atoms with van der Waals surface area (Å²) >= 11 is 0. The predicted molar refractivity (Wildman–Crippen MR) is 171 cm³/mol. The number of anilines is 3. The monoisotopic (exact) mass is 585 g/mol. The molecule has 0 spiro atoms. The van der Waals surface area contributed by atoms with Gasteiger partial charge in [-0.25, -0.2) is 4.79 Å². The molecule has 0 unspecified atom stereocenters. The van der Waals surface area contributed by atoms with E-state index in [-0.39, 0.29) is 36.2 Å². The van der Waals surface area contributed by atoms with E-state index in [1.54, 1.807) is 12.1 Å². The van der Waals surface area contributed by atoms with Crippen molar-refractivity contribution in [1.82, 2.24) is 0 Å². The zero-order chi connectivity index (χ0) is 31.0. The molecule has 0 atom stereocenters. The van der Waals surface area contributed by atoms with Gasteiger partial charge in [-0.15, -0.1) is 0 Å². The number of para-hydroxylation sites is 1. The summed E-state index contributed by atoms with van der Waals surface area (Å²) < 4.78 is 11.1. The molecule has 0 heterocycles. The van der Waals surface area contributed by atoms with Crippen LogP contribution >= 0.6 is 0 Å². The Morgan fingerprint density at radius 3 is 2.21 bits per heavy atom. The summed E-state index contributed by atoms with van der Waals surface area (Å²) in [5.41, 5.74) is 4.27. The summed E-state index contributed by atoms with van der Waals surface area (Å²) in [5.74, 6) is 0.329. The summed E-state index contributed by atoms with van der Waals surface area (Å²) in [4.78, 5) is 38.0. The maximum atomic E-state index is 12.8. The zero-order valence-electron chi connectivity index (χ0n) is 25.8. The van der Waals surface area contributed by atoms with Crippen LogP contribution in [0.4, 0.5) is 21.9 Å². The first-order chi connectivity index (χ1) is 20.5. The van der Waals surface area contributed by atoms with E-state index in [1.807, 2.05) is 70.2 Å². The van der Waals surface area contributed by atoms with Gasteiger partial charge in [-0.3, -0.25) is 9.59 Å². The summed E-state index contributed by atoms with van der Waals surface area (Å²) in [6, 6.07) is 20.5. The van der Waals surface area contributed by atoms with E-state index in [0.29, 0.717) is 17.9 Å². The highest BCUT2D eigenvalue weighted by atomic mass is 16.6. The highest BCUT2D eigenvalue weighted by Gasteiger charge is 2.39. The van der Waals surface area contributed by atoms with E-state index < -0.39 is 5.60 Å². The van der Waals surface area contributed by atoms with Gasteiger partial charge < -0.3 is 25.4 Å². The second kappa shape index (κ2) is 13.8. The predicted octanol–water partition coefficient (Wildman–Crippen LogP) is 7.41. The van der Waals surface area contributed by atoms with Crippen molar-refractivity contribution in [3.05, 3.63) is 83.4 Å². The van der Waals surface area contributed by atoms with Crippen LogP contribution in [0.3, 0.4) is 0 Å². The second-order valence-electron chi connectivity index (χ2n) is 12.3. The average molecular weight is 586 g/mol. The standard InChI is InChI=1S/C35H43N3O5/c1-24-10-6-7-11-29(24)37-33(41)38-30-17-12-25(21-31(30)42-5)20-28(39)23-36-27-15-13-26(14-16-27)35(18-8-9-19-35)22-32(40)43-34(2,3)4/h6-7,10-17,21,36H,8-9,18-20,22-23H2,1-5H3,(H2,37,38,41). The smallest absolute Gasteiger partial charge is 0.323 e. The molecule has 0 saturated heterocycles. The molecule has 2 amide bonds. The highest BCUT2D eigenvalue weighted by molar-refractivity contribution is 6.01. The molecule has 4 rings (SSSR count). The van der Waals surface area contributed by atoms with E-state index >= 15 is 0 Å². The molecule has 8 nitrogen and oxygen atoms in total. The Morgan fingerprint density at radius 2 is 1.56 bits per heavy atom. The Kier molecular flexibility index (Phi) is 10.1. The number of benzene rings is 3. The molecule has 43 heavy (non-hydrogen) atoms. The SMILES string of the molecule is COc1cc(CC(=O)CNc2ccc(C3(CC(=O)OC(C)(C)C)CCCC3)cc2)ccc1NC(=O)Nc1ccccc1C. The quantitative estimate of drug-likeness (QED) is 0.202. The molecule has 1 aliphatic carbocycles. The number of carbonyl (C=O) groups excluding carboxylic acids is 3. The van der Waals surface area contributed by atoms with Gasteiger partial charge >= 0.3 is 12.0 Å². The lowest BCUT2D eigenvalue weighted by molar-refractivity contribution is -0.156. The Hall–Kier alpha value is -4.33. The number of Topliss-reactive ketones (excluding diaryl/α,β-unsaturated/α-hetero) is 1. The van der Waals surface area contributed by atoms with Crippen molar-refractivity contribution in [2.75, 3.05) is 29.6 Å². The minimum atomic E-state index is -0.500. The van der Waals surface area contributed by atoms with E-state index in [1.165, 1.54) is 7.11 Å². The average Bonchev–Trinajstić information content (AvgIpc) is 3.42. The molecule has 0 aliphatic heterocycles. The first-order valence-electron chi connectivity index (χ1n) is 14.8. The van der Waals surface area contributed by atoms with Crippen molar-refractivity contribution in [2.24, 2.45) is 0 Å². The number of carbonyl (C=O) groups is 3. The lowest BCUT2D eigenvalue weighted by Gasteiger charge is -2.30. The van der Waals surface area contributed by atoms with Crippen LogP contribution in [0, 0.1) is 6.92 Å². The third-order valence-corrected chi connectivity index (χ3v) is 7.76. The van der Waals surface area contributed by atoms with Crippen LogP contribution in [0.5, 0.6) is 5.75 Å². The number of esters is 1. The molecule has 1 saturated carbocycles. The summed E-state index contributed by atoms with van der Waals surface area (Å²) in [7, 11) is 1.53. The second-order valence-corrected chi connectivity index (χ2v) is 12.3. The van der Waals surface area contributed by atoms with Crippen molar-refractivity contribution < 1.29 is 23.9 Å². The van der Waals surface area contributed by atoms with E-state index in [4.69, 9.17) is 9.47 Å². The maximum absolute atomic E-state index is 12.8. The summed E-state index contributed by atoms with van der Waals surface area (Å²) in [6.07, 6.45) is 4.72. The molecule has 1 fully saturated rings. The third-order valence-electron chi connectivity index (χ3n) is 7.76. The fourth-order valence-electron chi connectivity index (χ4n) is 5.64. The molecule has 0 aromatic heterocycles. The van der Waals surface area contributed by atoms with Crippen LogP contribution < -0.4 is 20.7 Å². The van der Waals surface area contributed by atoms with Crippen molar-refractivity contribution in [2.45, 2.75) is 77.2 Å². The van der Waals surface area contributed by atoms with Gasteiger partial charge in [0, 0.05) is 23.2 Å². The Balaban J connectivity index is 1.31. The number of methoxy groups -OCH3 is 1. The van der Waals surface area contributed by atoms with E-state index in [2.05, 4.69) is 28.1 Å². The van der Waals surface area contributed by atoms with Crippen molar-refractivity contribution >= 4 is 34.8 Å². The van der Waals surface area contributed by atoms with Gasteiger partial charge in [0.15, 0.2) is 5.78 Å². The van der Waals surface area contributed by atoms with Crippen molar-refractivity contribution in [3.63, 3.8) is 0 Å². The molecule has 8 heteroatoms. The molecule has 0 radical (unpaired) electrons. The van der Waals surface area contributed by atoms with Gasteiger partial charge in [-0.1, -0.05) is 49.2 Å². The topological polar surface area (TPSA) is 106 Å². The summed E-state index contributed by atoms with van der Waals surface area (Å²) in [5, 5.41) is 8.87. The van der Waals surface area contributed by atoms with Crippen LogP contribution in [0.25, 0.3) is 0 Å². The van der Waals surface area contributed by atoms with E-state index in [9.17, 15) is 14.4 Å². The van der Waals surface area contributed by atoms with Crippen LogP contribution in [-0.2, 0) is 26.2 Å². The van der Waals surface area contributed by atoms with Crippen molar-refractivity contribution in [1.29, 1.82) is 0 Å². The van der Waals surface area contributed by atoms with Gasteiger partial charge in [-0.05, 0) is 87.6 Å². The number of urea groups is 1. The number of hydrogen-bond acceptors (Lipinski definition) is 6. The lowest BCUT2D eigenvalue weighted by Crippen LogP contribution is -2.31. The highest BCUT2D eigenvalue weighted by Crippen LogP contribution is 2.44. The normalized spacial score (nSPS) is 14.1. The van der Waals surface area contributed by atoms with E-state index in [0.717, 1.165) is 53.7 Å². The Morgan fingerprint density at radius 1 is 0.884 bits per heavy atom. The number of ketones is 1. The van der Waals surface area contributed by atoms with Crippen LogP contribution in [0.1, 0.15) is 69.6 Å². The van der Waals surface area contributed by atoms with Gasteiger partial charge in [0.1, 0.15) is 11.4 Å². The molecule has 228 valence electrons. The maximum Gasteiger partial charge on any atom is 0.323 e. The van der Waals surface area contributed by atoms with Gasteiger partial charge in [-0.2, -0.15) is 0 Å². The largest absolute Gasteiger partial charge is 0.495 e. The molecule has 0 bridgehead atoms. The number of amides is 2. The molecule has 3 aromatic carbocycles. The van der Waals surface area contributed by atoms with Gasteiger partial charge in [0.25, 0.3) is 0 Å². The number of hydrogen-bond donors (Lipinski definition) is 3. The van der Waals surface area contributed by atoms with Crippen LogP contribution in [0.15, 0.2) is 66.7 Å². The number of aryl methyl sites for hydroxylation is 1. The molecular weight excluding hydrogens is 542 g/mol. The molecule has 3 aromatic rings. The van der Waals surface area contributed by atoms with Crippen LogP contribution in [0.2, 0.25) is 0 Å². The number of rotatable bonds is 11. The Labute approximate surface area is 254 Å². The van der Waals surface area contributed by atoms with Gasteiger partial charge in [0.05, 0.1) is 25.8 Å². The molecule has 1 aliphatic rings. The fraction of sp³-hybridized carbons (Fsp3) is 0.400. The molecule has 3 N–H and O–H groups in total. The van der Waals surface area contributed by atoms with Crippen LogP contribution in [-0.4, -0.2) is 37.0 Å². The first-order valence-corrected chi connectivity index (χ1v) is 14.8. The summed E-state index contributed by atoms with van der Waals surface area (Å²) in [6.45, 7) is 7.78. The number of nitrogens with one attached hydrogen (secondary N) is 3. The van der Waals surface area contributed by atoms with Crippen molar-refractivity contribution in [3.8, 4) is 5.75 Å².